The van der Waals surface area contributed by atoms with Crippen LogP contribution in [0, 0.1) is 12.8 Å². The Bertz CT molecular complexity index is 1060. The average molecular weight is 540 g/mol. The smallest absolute Gasteiger partial charge is 0.391 e. The largest absolute Gasteiger partial charge is 0.474 e. The van der Waals surface area contributed by atoms with Crippen LogP contribution < -0.4 is 15.0 Å². The van der Waals surface area contributed by atoms with Crippen LogP contribution in [0.5, 0.6) is 5.88 Å². The van der Waals surface area contributed by atoms with Gasteiger partial charge in [-0.25, -0.2) is 9.78 Å². The number of nitrogens with zero attached hydrogens (tertiary/aromatic N) is 4. The second kappa shape index (κ2) is 13.6. The molecule has 2 aliphatic rings. The van der Waals surface area contributed by atoms with Crippen molar-refractivity contribution in [3.05, 3.63) is 30.2 Å². The highest BCUT2D eigenvalue weighted by atomic mass is 19.4. The maximum Gasteiger partial charge on any atom is 0.391 e. The van der Waals surface area contributed by atoms with Crippen molar-refractivity contribution in [2.45, 2.75) is 39.8 Å². The summed E-state index contributed by atoms with van der Waals surface area (Å²) in [6.45, 7) is 8.64. The zero-order valence-corrected chi connectivity index (χ0v) is 22.1. The second-order valence-corrected chi connectivity index (χ2v) is 9.40. The molecule has 2 aromatic heterocycles. The van der Waals surface area contributed by atoms with E-state index < -0.39 is 12.1 Å². The number of rotatable bonds is 6. The molecule has 2 aliphatic heterocycles. The van der Waals surface area contributed by atoms with E-state index in [0.717, 1.165) is 75.4 Å². The number of aromatic nitrogens is 2. The highest BCUT2D eigenvalue weighted by molar-refractivity contribution is 5.90. The summed E-state index contributed by atoms with van der Waals surface area (Å²) in [7, 11) is 0. The predicted molar refractivity (Wildman–Crippen MR) is 139 cm³/mol. The molecular formula is C26H36F3N5O4. The minimum atomic E-state index is -4.00. The first-order chi connectivity index (χ1) is 18.1. The number of nitrogens with one attached hydrogen (secondary N) is 1. The summed E-state index contributed by atoms with van der Waals surface area (Å²) in [5.41, 5.74) is 4.15. The number of pyridine rings is 2. The van der Waals surface area contributed by atoms with Gasteiger partial charge in [0.25, 0.3) is 0 Å². The van der Waals surface area contributed by atoms with Gasteiger partial charge in [0.05, 0.1) is 31.7 Å². The fourth-order valence-corrected chi connectivity index (χ4v) is 3.89. The Balaban J connectivity index is 0.000000505. The fraction of sp³-hybridized carbons (Fsp3) is 0.577. The molecule has 0 spiro atoms. The van der Waals surface area contributed by atoms with Crippen LogP contribution in [0.3, 0.4) is 0 Å². The van der Waals surface area contributed by atoms with E-state index in [2.05, 4.69) is 20.2 Å². The monoisotopic (exact) mass is 539 g/mol. The average Bonchev–Trinajstić information content (AvgIpc) is 3.44. The van der Waals surface area contributed by atoms with Gasteiger partial charge in [0.1, 0.15) is 12.3 Å². The van der Waals surface area contributed by atoms with Crippen molar-refractivity contribution in [2.75, 3.05) is 62.8 Å². The summed E-state index contributed by atoms with van der Waals surface area (Å²) in [6.07, 6.45) is 1.52. The second-order valence-electron chi connectivity index (χ2n) is 9.40. The van der Waals surface area contributed by atoms with Crippen molar-refractivity contribution >= 4 is 17.4 Å². The topological polar surface area (TPSA) is 100 Å². The van der Waals surface area contributed by atoms with Crippen LogP contribution in [0.25, 0.3) is 11.1 Å². The van der Waals surface area contributed by atoms with E-state index in [9.17, 15) is 18.0 Å². The van der Waals surface area contributed by atoms with Crippen molar-refractivity contribution in [1.82, 2.24) is 14.9 Å². The number of carbonyl (C=O) groups excluding carboxylic acids is 1. The van der Waals surface area contributed by atoms with Crippen LogP contribution in [-0.2, 0) is 4.74 Å². The van der Waals surface area contributed by atoms with Crippen molar-refractivity contribution in [3.8, 4) is 17.0 Å². The minimum Gasteiger partial charge on any atom is -0.474 e. The molecule has 0 unspecified atom stereocenters. The number of carbonyl (C=O) groups is 1. The van der Waals surface area contributed by atoms with Crippen LogP contribution >= 0.6 is 0 Å². The number of alkyl halides is 3. The number of aliphatic hydroxyl groups is 1. The van der Waals surface area contributed by atoms with E-state index in [1.165, 1.54) is 0 Å². The number of hydrogen-bond acceptors (Lipinski definition) is 7. The van der Waals surface area contributed by atoms with Gasteiger partial charge in [-0.15, -0.1) is 0 Å². The summed E-state index contributed by atoms with van der Waals surface area (Å²) >= 11 is 0. The molecule has 2 aromatic rings. The van der Waals surface area contributed by atoms with Gasteiger partial charge in [0, 0.05) is 55.1 Å². The first-order valence-electron chi connectivity index (χ1n) is 12.8. The third-order valence-corrected chi connectivity index (χ3v) is 6.21. The number of aryl methyl sites for hydroxylation is 1. The van der Waals surface area contributed by atoms with Gasteiger partial charge >= 0.3 is 12.2 Å². The summed E-state index contributed by atoms with van der Waals surface area (Å²) in [6, 6.07) is 3.88. The van der Waals surface area contributed by atoms with Gasteiger partial charge in [-0.1, -0.05) is 13.8 Å². The number of halogens is 3. The molecule has 2 fully saturated rings. The maximum absolute atomic E-state index is 12.5. The molecule has 9 nitrogen and oxygen atoms in total. The van der Waals surface area contributed by atoms with Gasteiger partial charge in [-0.05, 0) is 31.9 Å². The van der Waals surface area contributed by atoms with Crippen LogP contribution in [0.1, 0.15) is 32.4 Å². The molecule has 2 amide bonds. The molecule has 38 heavy (non-hydrogen) atoms. The van der Waals surface area contributed by atoms with Crippen molar-refractivity contribution in [2.24, 2.45) is 5.92 Å². The number of anilines is 2. The highest BCUT2D eigenvalue weighted by Crippen LogP contribution is 2.34. The number of aliphatic hydroxyl groups excluding tert-OH is 1. The Kier molecular flexibility index (Phi) is 10.5. The number of hydrogen-bond donors (Lipinski definition) is 2. The predicted octanol–water partition coefficient (Wildman–Crippen LogP) is 4.49. The molecule has 0 aromatic carbocycles. The van der Waals surface area contributed by atoms with E-state index in [0.29, 0.717) is 24.8 Å². The zero-order chi connectivity index (χ0) is 27.7. The third-order valence-electron chi connectivity index (χ3n) is 6.21. The quantitative estimate of drug-likeness (QED) is 0.558. The van der Waals surface area contributed by atoms with Crippen LogP contribution in [0.4, 0.5) is 29.3 Å². The Hall–Kier alpha value is -3.12. The first-order valence-corrected chi connectivity index (χ1v) is 12.8. The van der Waals surface area contributed by atoms with E-state index in [4.69, 9.17) is 14.6 Å². The molecule has 4 heterocycles. The molecule has 2 N–H and O–H groups in total. The Labute approximate surface area is 221 Å². The molecule has 0 radical (unpaired) electrons. The lowest BCUT2D eigenvalue weighted by atomic mass is 10.0. The van der Waals surface area contributed by atoms with Gasteiger partial charge in [-0.3, -0.25) is 4.98 Å². The van der Waals surface area contributed by atoms with Gasteiger partial charge in [-0.2, -0.15) is 13.2 Å². The molecule has 0 bridgehead atoms. The number of morpholine rings is 1. The number of likely N-dealkylation sites (tertiary alicyclic amines) is 1. The third kappa shape index (κ3) is 8.19. The van der Waals surface area contributed by atoms with E-state index in [1.807, 2.05) is 24.0 Å². The Morgan fingerprint density at radius 2 is 1.79 bits per heavy atom. The summed E-state index contributed by atoms with van der Waals surface area (Å²) < 4.78 is 44.7. The lowest BCUT2D eigenvalue weighted by Crippen LogP contribution is -2.36. The molecular weight excluding hydrogens is 503 g/mol. The van der Waals surface area contributed by atoms with E-state index in [-0.39, 0.29) is 19.2 Å². The number of urea groups is 1. The molecule has 4 rings (SSSR count). The van der Waals surface area contributed by atoms with Crippen LogP contribution in [-0.4, -0.2) is 84.8 Å². The number of ether oxygens (including phenoxy) is 2. The van der Waals surface area contributed by atoms with Gasteiger partial charge in [0.15, 0.2) is 0 Å². The van der Waals surface area contributed by atoms with Crippen molar-refractivity contribution in [1.29, 1.82) is 0 Å². The zero-order valence-electron chi connectivity index (χ0n) is 22.1. The highest BCUT2D eigenvalue weighted by Gasteiger charge is 2.31. The van der Waals surface area contributed by atoms with Crippen molar-refractivity contribution < 1.29 is 32.5 Å². The normalized spacial score (nSPS) is 15.8. The minimum absolute atomic E-state index is 0.0756. The lowest BCUT2D eigenvalue weighted by Gasteiger charge is -2.30. The molecule has 0 saturated carbocycles. The first kappa shape index (κ1) is 29.4. The van der Waals surface area contributed by atoms with E-state index >= 15 is 0 Å². The van der Waals surface area contributed by atoms with Crippen LogP contribution in [0.15, 0.2) is 24.5 Å². The molecule has 0 atom stereocenters. The summed E-state index contributed by atoms with van der Waals surface area (Å²) in [4.78, 5) is 25.5. The molecule has 2 saturated heterocycles. The Morgan fingerprint density at radius 3 is 2.39 bits per heavy atom. The number of amides is 2. The maximum atomic E-state index is 12.5. The molecule has 0 aliphatic carbocycles. The van der Waals surface area contributed by atoms with Gasteiger partial charge in [0.2, 0.25) is 5.88 Å². The van der Waals surface area contributed by atoms with Gasteiger partial charge < -0.3 is 29.7 Å². The molecule has 12 heteroatoms. The van der Waals surface area contributed by atoms with Crippen molar-refractivity contribution in [3.63, 3.8) is 0 Å². The molecule has 210 valence electrons. The summed E-state index contributed by atoms with van der Waals surface area (Å²) in [5.74, 6) is -0.712. The Morgan fingerprint density at radius 1 is 1.13 bits per heavy atom. The standard InChI is InChI=1S/C22H29N5O4.C4H7F3/c1-16-19(13-18(15-23-16)25-22(29)27-4-2-3-5-27)17-12-20(26-6-9-30-10-7-26)21(24-14-17)31-11-8-28;1-3(2)4(5,6)7/h12-15,28H,2-11H2,1H3,(H,25,29);3H,1-2H3. The fourth-order valence-electron chi connectivity index (χ4n) is 3.89. The van der Waals surface area contributed by atoms with E-state index in [1.54, 1.807) is 12.4 Å². The lowest BCUT2D eigenvalue weighted by molar-refractivity contribution is -0.164. The summed E-state index contributed by atoms with van der Waals surface area (Å²) in [5, 5.41) is 12.1. The van der Waals surface area contributed by atoms with Crippen LogP contribution in [0.2, 0.25) is 0 Å². The SMILES string of the molecule is CC(C)C(F)(F)F.Cc1ncc(NC(=O)N2CCCC2)cc1-c1cnc(OCCO)c(N2CCOCC2)c1.